The summed E-state index contributed by atoms with van der Waals surface area (Å²) in [6.45, 7) is 2.79. The average Bonchev–Trinajstić information content (AvgIpc) is 3.36. The summed E-state index contributed by atoms with van der Waals surface area (Å²) in [6.07, 6.45) is 1.54. The smallest absolute Gasteiger partial charge is 0.419 e. The van der Waals surface area contributed by atoms with Crippen LogP contribution in [0.15, 0.2) is 22.7 Å². The zero-order valence-electron chi connectivity index (χ0n) is 17.0. The molecule has 9 heteroatoms. The van der Waals surface area contributed by atoms with Crippen LogP contribution in [-0.2, 0) is 6.18 Å². The molecule has 0 radical (unpaired) electrons. The molecule has 1 aliphatic rings. The minimum Gasteiger partial charge on any atom is -0.493 e. The Morgan fingerprint density at radius 1 is 1.20 bits per heavy atom. The molecule has 6 nitrogen and oxygen atoms in total. The average molecular weight is 427 g/mol. The molecule has 1 aliphatic heterocycles. The highest BCUT2D eigenvalue weighted by molar-refractivity contribution is 5.59. The molecule has 2 aromatic rings. The first kappa shape index (κ1) is 22.6. The number of benzene rings is 1. The Balaban J connectivity index is 1.66. The summed E-state index contributed by atoms with van der Waals surface area (Å²) in [5.41, 5.74) is -0.658. The van der Waals surface area contributed by atoms with Gasteiger partial charge in [-0.25, -0.2) is 0 Å². The van der Waals surface area contributed by atoms with Crippen LogP contribution in [0.5, 0.6) is 5.75 Å². The van der Waals surface area contributed by atoms with Crippen LogP contribution in [0.1, 0.15) is 69.4 Å². The van der Waals surface area contributed by atoms with Gasteiger partial charge in [0.05, 0.1) is 24.3 Å². The van der Waals surface area contributed by atoms with E-state index in [0.717, 1.165) is 38.2 Å². The Labute approximate surface area is 173 Å². The van der Waals surface area contributed by atoms with Crippen LogP contribution in [0.2, 0.25) is 0 Å². The second-order valence-electron chi connectivity index (χ2n) is 7.63. The largest absolute Gasteiger partial charge is 0.493 e. The highest BCUT2D eigenvalue weighted by Crippen LogP contribution is 2.38. The first-order chi connectivity index (χ1) is 14.4. The topological polar surface area (TPSA) is 80.4 Å². The molecule has 1 saturated heterocycles. The minimum absolute atomic E-state index is 0.0705. The molecule has 2 N–H and O–H groups in total. The van der Waals surface area contributed by atoms with Crippen LogP contribution < -0.4 is 10.1 Å². The highest BCUT2D eigenvalue weighted by Gasteiger charge is 2.35. The molecule has 1 aromatic carbocycles. The lowest BCUT2D eigenvalue weighted by Crippen LogP contribution is -2.15. The molecule has 0 bridgehead atoms. The normalized spacial score (nSPS) is 19.4. The van der Waals surface area contributed by atoms with Crippen LogP contribution in [0.4, 0.5) is 13.2 Å². The number of hydrogen-bond donors (Lipinski definition) is 2. The maximum absolute atomic E-state index is 13.6. The molecule has 0 amide bonds. The van der Waals surface area contributed by atoms with Crippen molar-refractivity contribution in [3.8, 4) is 17.1 Å². The second kappa shape index (κ2) is 10.3. The maximum Gasteiger partial charge on any atom is 0.419 e. The lowest BCUT2D eigenvalue weighted by atomic mass is 10.1. The molecule has 2 heterocycles. The van der Waals surface area contributed by atoms with Crippen molar-refractivity contribution >= 4 is 0 Å². The van der Waals surface area contributed by atoms with E-state index >= 15 is 0 Å². The summed E-state index contributed by atoms with van der Waals surface area (Å²) in [6, 6.07) is 3.49. The third kappa shape index (κ3) is 5.95. The fourth-order valence-corrected chi connectivity index (χ4v) is 3.48. The SMILES string of the molecule is CCCCCCCCOc1ccc(-c2noc([C@@H]3C[C@H](O)CN3)n2)cc1C(F)(F)F. The molecule has 0 spiro atoms. The summed E-state index contributed by atoms with van der Waals surface area (Å²) >= 11 is 0. The van der Waals surface area contributed by atoms with E-state index in [9.17, 15) is 18.3 Å². The number of ether oxygens (including phenoxy) is 1. The first-order valence-electron chi connectivity index (χ1n) is 10.5. The first-order valence-corrected chi connectivity index (χ1v) is 10.5. The van der Waals surface area contributed by atoms with Gasteiger partial charge >= 0.3 is 6.18 Å². The van der Waals surface area contributed by atoms with Gasteiger partial charge < -0.3 is 19.7 Å². The predicted molar refractivity (Wildman–Crippen MR) is 105 cm³/mol. The molecule has 166 valence electrons. The van der Waals surface area contributed by atoms with Crippen molar-refractivity contribution < 1.29 is 27.5 Å². The van der Waals surface area contributed by atoms with Gasteiger partial charge in [0.1, 0.15) is 5.75 Å². The number of nitrogens with zero attached hydrogens (tertiary/aromatic N) is 2. The Morgan fingerprint density at radius 3 is 2.67 bits per heavy atom. The molecule has 30 heavy (non-hydrogen) atoms. The van der Waals surface area contributed by atoms with Gasteiger partial charge in [-0.15, -0.1) is 0 Å². The number of rotatable bonds is 10. The van der Waals surface area contributed by atoms with Gasteiger partial charge in [-0.1, -0.05) is 44.2 Å². The molecule has 0 aliphatic carbocycles. The number of nitrogens with one attached hydrogen (secondary N) is 1. The van der Waals surface area contributed by atoms with Crippen LogP contribution in [0.25, 0.3) is 11.4 Å². The molecule has 1 fully saturated rings. The summed E-state index contributed by atoms with van der Waals surface area (Å²) in [5.74, 6) is 0.129. The lowest BCUT2D eigenvalue weighted by Gasteiger charge is -2.14. The van der Waals surface area contributed by atoms with Crippen molar-refractivity contribution in [3.05, 3.63) is 29.7 Å². The quantitative estimate of drug-likeness (QED) is 0.526. The van der Waals surface area contributed by atoms with Gasteiger partial charge in [0.25, 0.3) is 0 Å². The van der Waals surface area contributed by atoms with E-state index in [1.54, 1.807) is 0 Å². The van der Waals surface area contributed by atoms with E-state index in [1.165, 1.54) is 18.6 Å². The number of unbranched alkanes of at least 4 members (excludes halogenated alkanes) is 5. The van der Waals surface area contributed by atoms with E-state index in [2.05, 4.69) is 22.4 Å². The highest BCUT2D eigenvalue weighted by atomic mass is 19.4. The van der Waals surface area contributed by atoms with Crippen molar-refractivity contribution in [3.63, 3.8) is 0 Å². The predicted octanol–water partition coefficient (Wildman–Crippen LogP) is 4.89. The zero-order chi connectivity index (χ0) is 21.6. The summed E-state index contributed by atoms with van der Waals surface area (Å²) in [4.78, 5) is 4.20. The number of β-amino-alcohol motifs (C(OH)–C–C–N with tert-alkyl or cyclic N) is 1. The number of alkyl halides is 3. The fraction of sp³-hybridized carbons (Fsp3) is 0.619. The van der Waals surface area contributed by atoms with Gasteiger partial charge in [0.2, 0.25) is 11.7 Å². The molecule has 2 atom stereocenters. The standard InChI is InChI=1S/C21H28F3N3O3/c1-2-3-4-5-6-7-10-29-18-9-8-14(11-16(18)21(22,23)24)19-26-20(30-27-19)17-12-15(28)13-25-17/h8-9,11,15,17,25,28H,2-7,10,12-13H2,1H3/t15-,17-/m0/s1. The van der Waals surface area contributed by atoms with Crippen molar-refractivity contribution in [1.82, 2.24) is 15.5 Å². The van der Waals surface area contributed by atoms with Crippen molar-refractivity contribution in [2.75, 3.05) is 13.2 Å². The Kier molecular flexibility index (Phi) is 7.71. The van der Waals surface area contributed by atoms with Crippen LogP contribution in [0, 0.1) is 0 Å². The van der Waals surface area contributed by atoms with Gasteiger partial charge in [0.15, 0.2) is 0 Å². The van der Waals surface area contributed by atoms with E-state index in [-0.39, 0.29) is 35.7 Å². The van der Waals surface area contributed by atoms with Crippen molar-refractivity contribution in [1.29, 1.82) is 0 Å². The second-order valence-corrected chi connectivity index (χ2v) is 7.63. The third-order valence-electron chi connectivity index (χ3n) is 5.15. The number of aliphatic hydroxyl groups excluding tert-OH is 1. The fourth-order valence-electron chi connectivity index (χ4n) is 3.48. The van der Waals surface area contributed by atoms with Crippen LogP contribution >= 0.6 is 0 Å². The van der Waals surface area contributed by atoms with Gasteiger partial charge in [-0.3, -0.25) is 0 Å². The Morgan fingerprint density at radius 2 is 1.97 bits per heavy atom. The summed E-state index contributed by atoms with van der Waals surface area (Å²) in [7, 11) is 0. The van der Waals surface area contributed by atoms with Crippen LogP contribution in [-0.4, -0.2) is 34.5 Å². The van der Waals surface area contributed by atoms with Gasteiger partial charge in [-0.2, -0.15) is 18.2 Å². The van der Waals surface area contributed by atoms with Gasteiger partial charge in [0, 0.05) is 12.1 Å². The number of aromatic nitrogens is 2. The number of halogens is 3. The summed E-state index contributed by atoms with van der Waals surface area (Å²) in [5, 5.41) is 16.4. The van der Waals surface area contributed by atoms with Crippen molar-refractivity contribution in [2.24, 2.45) is 0 Å². The Hall–Kier alpha value is -2.13. The Bertz CT molecular complexity index is 810. The van der Waals surface area contributed by atoms with E-state index < -0.39 is 17.8 Å². The van der Waals surface area contributed by atoms with E-state index in [0.29, 0.717) is 13.0 Å². The number of hydrogen-bond acceptors (Lipinski definition) is 6. The van der Waals surface area contributed by atoms with E-state index in [1.807, 2.05) is 0 Å². The van der Waals surface area contributed by atoms with Crippen LogP contribution in [0.3, 0.4) is 0 Å². The third-order valence-corrected chi connectivity index (χ3v) is 5.15. The van der Waals surface area contributed by atoms with Crippen molar-refractivity contribution in [2.45, 2.75) is 70.2 Å². The lowest BCUT2D eigenvalue weighted by molar-refractivity contribution is -0.138. The monoisotopic (exact) mass is 427 g/mol. The molecule has 0 saturated carbocycles. The molecular formula is C21H28F3N3O3. The molecule has 1 aromatic heterocycles. The molecule has 0 unspecified atom stereocenters. The zero-order valence-corrected chi connectivity index (χ0v) is 17.0. The summed E-state index contributed by atoms with van der Waals surface area (Å²) < 4.78 is 51.3. The minimum atomic E-state index is -4.56. The van der Waals surface area contributed by atoms with E-state index in [4.69, 9.17) is 9.26 Å². The van der Waals surface area contributed by atoms with Gasteiger partial charge in [-0.05, 0) is 31.0 Å². The molecule has 3 rings (SSSR count). The number of aliphatic hydroxyl groups is 1. The molecular weight excluding hydrogens is 399 g/mol. The maximum atomic E-state index is 13.6.